The van der Waals surface area contributed by atoms with Crippen LogP contribution in [0.15, 0.2) is 54.9 Å². The Morgan fingerprint density at radius 1 is 1.14 bits per heavy atom. The Kier molecular flexibility index (Phi) is 6.06. The van der Waals surface area contributed by atoms with E-state index in [0.29, 0.717) is 41.8 Å². The molecule has 0 aliphatic heterocycles. The Morgan fingerprint density at radius 3 is 2.57 bits per heavy atom. The molecule has 0 spiro atoms. The molecule has 0 fully saturated rings. The Morgan fingerprint density at radius 2 is 1.93 bits per heavy atom. The maximum absolute atomic E-state index is 12.1. The van der Waals surface area contributed by atoms with Crippen molar-refractivity contribution in [2.45, 2.75) is 20.4 Å². The Labute approximate surface area is 162 Å². The second kappa shape index (κ2) is 8.85. The quantitative estimate of drug-likeness (QED) is 0.582. The molecule has 0 aliphatic carbocycles. The minimum absolute atomic E-state index is 0.0963. The van der Waals surface area contributed by atoms with Crippen LogP contribution in [0.25, 0.3) is 0 Å². The van der Waals surface area contributed by atoms with Crippen LogP contribution in [0.5, 0.6) is 17.4 Å². The number of ketones is 1. The highest BCUT2D eigenvalue weighted by molar-refractivity contribution is 5.99. The van der Waals surface area contributed by atoms with Gasteiger partial charge in [-0.3, -0.25) is 9.59 Å². The third kappa shape index (κ3) is 4.76. The van der Waals surface area contributed by atoms with Crippen LogP contribution < -0.4 is 14.8 Å². The summed E-state index contributed by atoms with van der Waals surface area (Å²) in [7, 11) is 0. The van der Waals surface area contributed by atoms with Gasteiger partial charge in [0, 0.05) is 30.6 Å². The number of carbonyl (C=O) groups excluding carboxylic acids is 2. The van der Waals surface area contributed by atoms with Crippen molar-refractivity contribution in [2.24, 2.45) is 0 Å². The smallest absolute Gasteiger partial charge is 0.267 e. The lowest BCUT2D eigenvalue weighted by atomic mass is 10.2. The first kappa shape index (κ1) is 19.2. The lowest BCUT2D eigenvalue weighted by Gasteiger charge is -2.11. The molecule has 7 nitrogen and oxygen atoms in total. The lowest BCUT2D eigenvalue weighted by molar-refractivity contribution is 0.0946. The van der Waals surface area contributed by atoms with E-state index < -0.39 is 0 Å². The molecule has 0 bridgehead atoms. The molecular formula is C21H21N3O4. The maximum atomic E-state index is 12.1. The molecule has 2 heterocycles. The molecule has 144 valence electrons. The van der Waals surface area contributed by atoms with Crippen molar-refractivity contribution < 1.29 is 19.1 Å². The van der Waals surface area contributed by atoms with Crippen LogP contribution in [0.4, 0.5) is 0 Å². The van der Waals surface area contributed by atoms with Gasteiger partial charge in [0.2, 0.25) is 5.88 Å². The first-order valence-electron chi connectivity index (χ1n) is 8.89. The van der Waals surface area contributed by atoms with Crippen molar-refractivity contribution >= 4 is 11.7 Å². The van der Waals surface area contributed by atoms with Gasteiger partial charge in [-0.15, -0.1) is 0 Å². The summed E-state index contributed by atoms with van der Waals surface area (Å²) in [6.07, 6.45) is 3.15. The van der Waals surface area contributed by atoms with E-state index in [1.165, 1.54) is 19.2 Å². The van der Waals surface area contributed by atoms with Gasteiger partial charge < -0.3 is 19.8 Å². The van der Waals surface area contributed by atoms with Crippen LogP contribution in [0.1, 0.15) is 40.3 Å². The van der Waals surface area contributed by atoms with Crippen LogP contribution in [-0.2, 0) is 6.54 Å². The van der Waals surface area contributed by atoms with Crippen LogP contribution >= 0.6 is 0 Å². The topological polar surface area (TPSA) is 93.3 Å². The normalized spacial score (nSPS) is 10.4. The van der Waals surface area contributed by atoms with Gasteiger partial charge in [0.1, 0.15) is 5.69 Å². The number of rotatable bonds is 8. The molecule has 0 atom stereocenters. The van der Waals surface area contributed by atoms with Crippen molar-refractivity contribution in [3.63, 3.8) is 0 Å². The number of benzene rings is 1. The zero-order valence-corrected chi connectivity index (χ0v) is 15.7. The Hall–Kier alpha value is -3.61. The van der Waals surface area contributed by atoms with Crippen LogP contribution in [-0.4, -0.2) is 28.3 Å². The first-order chi connectivity index (χ1) is 13.6. The fraction of sp³-hybridized carbons (Fsp3) is 0.190. The standard InChI is InChI=1S/C21H21N3O4/c1-3-27-18-6-4-5-7-19(18)28-20-9-8-15(11-23-20)12-24-21(26)17-10-16(13-22-17)14(2)25/h4-11,13,22H,3,12H2,1-2H3,(H,24,26). The van der Waals surface area contributed by atoms with E-state index in [-0.39, 0.29) is 11.7 Å². The number of aromatic nitrogens is 2. The number of hydrogen-bond donors (Lipinski definition) is 2. The molecule has 3 rings (SSSR count). The van der Waals surface area contributed by atoms with Crippen LogP contribution in [0.2, 0.25) is 0 Å². The molecule has 28 heavy (non-hydrogen) atoms. The van der Waals surface area contributed by atoms with E-state index >= 15 is 0 Å². The summed E-state index contributed by atoms with van der Waals surface area (Å²) in [4.78, 5) is 30.5. The third-order valence-corrected chi connectivity index (χ3v) is 3.95. The number of amides is 1. The van der Waals surface area contributed by atoms with Gasteiger partial charge in [-0.1, -0.05) is 18.2 Å². The van der Waals surface area contributed by atoms with Gasteiger partial charge >= 0.3 is 0 Å². The van der Waals surface area contributed by atoms with E-state index in [4.69, 9.17) is 9.47 Å². The van der Waals surface area contributed by atoms with E-state index in [1.807, 2.05) is 37.3 Å². The molecular weight excluding hydrogens is 358 g/mol. The van der Waals surface area contributed by atoms with E-state index in [9.17, 15) is 9.59 Å². The summed E-state index contributed by atoms with van der Waals surface area (Å²) in [6, 6.07) is 12.5. The molecule has 2 aromatic heterocycles. The van der Waals surface area contributed by atoms with Gasteiger partial charge in [0.15, 0.2) is 17.3 Å². The van der Waals surface area contributed by atoms with Crippen molar-refractivity contribution in [3.8, 4) is 17.4 Å². The molecule has 0 aliphatic rings. The fourth-order valence-corrected chi connectivity index (χ4v) is 2.50. The average molecular weight is 379 g/mol. The van der Waals surface area contributed by atoms with Crippen LogP contribution in [0, 0.1) is 0 Å². The van der Waals surface area contributed by atoms with Gasteiger partial charge in [-0.05, 0) is 37.6 Å². The number of pyridine rings is 1. The summed E-state index contributed by atoms with van der Waals surface area (Å²) in [6.45, 7) is 4.20. The number of nitrogens with zero attached hydrogens (tertiary/aromatic N) is 1. The molecule has 1 amide bonds. The Balaban J connectivity index is 1.58. The summed E-state index contributed by atoms with van der Waals surface area (Å²) in [5, 5.41) is 2.78. The molecule has 0 saturated carbocycles. The predicted octanol–water partition coefficient (Wildman–Crippen LogP) is 3.73. The summed E-state index contributed by atoms with van der Waals surface area (Å²) >= 11 is 0. The van der Waals surface area contributed by atoms with Crippen molar-refractivity contribution in [3.05, 3.63) is 71.7 Å². The number of aromatic amines is 1. The largest absolute Gasteiger partial charge is 0.490 e. The first-order valence-corrected chi connectivity index (χ1v) is 8.89. The van der Waals surface area contributed by atoms with Crippen molar-refractivity contribution in [2.75, 3.05) is 6.61 Å². The number of ether oxygens (including phenoxy) is 2. The number of H-pyrrole nitrogens is 1. The SMILES string of the molecule is CCOc1ccccc1Oc1ccc(CNC(=O)c2cc(C(C)=O)c[nH]2)cn1. The minimum atomic E-state index is -0.293. The lowest BCUT2D eigenvalue weighted by Crippen LogP contribution is -2.23. The molecule has 0 unspecified atom stereocenters. The third-order valence-electron chi connectivity index (χ3n) is 3.95. The maximum Gasteiger partial charge on any atom is 0.267 e. The zero-order chi connectivity index (χ0) is 19.9. The summed E-state index contributed by atoms with van der Waals surface area (Å²) in [5.74, 6) is 1.28. The fourth-order valence-electron chi connectivity index (χ4n) is 2.50. The molecule has 7 heteroatoms. The number of carbonyl (C=O) groups is 2. The Bertz CT molecular complexity index is 964. The predicted molar refractivity (Wildman–Crippen MR) is 104 cm³/mol. The van der Waals surface area contributed by atoms with Gasteiger partial charge in [-0.25, -0.2) is 4.98 Å². The second-order valence-corrected chi connectivity index (χ2v) is 6.03. The molecule has 3 aromatic rings. The van der Waals surface area contributed by atoms with E-state index in [2.05, 4.69) is 15.3 Å². The number of nitrogens with one attached hydrogen (secondary N) is 2. The molecule has 0 radical (unpaired) electrons. The van der Waals surface area contributed by atoms with Crippen LogP contribution in [0.3, 0.4) is 0 Å². The number of hydrogen-bond acceptors (Lipinski definition) is 5. The summed E-state index contributed by atoms with van der Waals surface area (Å²) in [5.41, 5.74) is 1.63. The van der Waals surface area contributed by atoms with Gasteiger partial charge in [-0.2, -0.15) is 0 Å². The highest BCUT2D eigenvalue weighted by Crippen LogP contribution is 2.30. The number of para-hydroxylation sites is 2. The average Bonchev–Trinajstić information content (AvgIpc) is 3.20. The second-order valence-electron chi connectivity index (χ2n) is 6.03. The van der Waals surface area contributed by atoms with E-state index in [1.54, 1.807) is 12.3 Å². The molecule has 1 aromatic carbocycles. The highest BCUT2D eigenvalue weighted by Gasteiger charge is 2.11. The van der Waals surface area contributed by atoms with Crippen molar-refractivity contribution in [1.82, 2.24) is 15.3 Å². The number of Topliss-reactive ketones (excluding diaryl/α,β-unsaturated/α-hetero) is 1. The summed E-state index contributed by atoms with van der Waals surface area (Å²) < 4.78 is 11.3. The minimum Gasteiger partial charge on any atom is -0.490 e. The zero-order valence-electron chi connectivity index (χ0n) is 15.7. The van der Waals surface area contributed by atoms with E-state index in [0.717, 1.165) is 5.56 Å². The highest BCUT2D eigenvalue weighted by atomic mass is 16.5. The van der Waals surface area contributed by atoms with Crippen molar-refractivity contribution in [1.29, 1.82) is 0 Å². The molecule has 2 N–H and O–H groups in total. The monoisotopic (exact) mass is 379 g/mol. The van der Waals surface area contributed by atoms with Gasteiger partial charge in [0.25, 0.3) is 5.91 Å². The molecule has 0 saturated heterocycles. The van der Waals surface area contributed by atoms with Gasteiger partial charge in [0.05, 0.1) is 6.61 Å².